The lowest BCUT2D eigenvalue weighted by molar-refractivity contribution is 0.467. The number of nitrogens with one attached hydrogen (secondary N) is 1. The van der Waals surface area contributed by atoms with Gasteiger partial charge in [0.2, 0.25) is 0 Å². The molecule has 0 aromatic carbocycles. The van der Waals surface area contributed by atoms with Gasteiger partial charge in [-0.1, -0.05) is 6.92 Å². The van der Waals surface area contributed by atoms with E-state index in [-0.39, 0.29) is 0 Å². The van der Waals surface area contributed by atoms with Crippen molar-refractivity contribution < 1.29 is 0 Å². The van der Waals surface area contributed by atoms with E-state index < -0.39 is 0 Å². The van der Waals surface area contributed by atoms with Gasteiger partial charge in [0.25, 0.3) is 0 Å². The van der Waals surface area contributed by atoms with E-state index in [9.17, 15) is 0 Å². The predicted molar refractivity (Wildman–Crippen MR) is 38.7 cm³/mol. The third-order valence-corrected chi connectivity index (χ3v) is 2.09. The van der Waals surface area contributed by atoms with Crippen molar-refractivity contribution in [2.75, 3.05) is 7.05 Å². The number of nitrogens with zero attached hydrogens (tertiary/aromatic N) is 1. The Balaban J connectivity index is 2.36. The predicted octanol–water partition coefficient (Wildman–Crippen LogP) is 1.32. The molecule has 2 unspecified atom stereocenters. The van der Waals surface area contributed by atoms with Crippen molar-refractivity contribution in [2.24, 2.45) is 5.92 Å². The molecule has 0 aromatic heterocycles. The van der Waals surface area contributed by atoms with Crippen molar-refractivity contribution in [3.63, 3.8) is 0 Å². The number of amidine groups is 1. The van der Waals surface area contributed by atoms with Crippen LogP contribution < -0.4 is 0 Å². The van der Waals surface area contributed by atoms with Crippen molar-refractivity contribution in [1.29, 1.82) is 5.41 Å². The minimum absolute atomic E-state index is 0.669. The van der Waals surface area contributed by atoms with E-state index in [0.29, 0.717) is 11.9 Å². The molecular formula is C7H14N2. The molecule has 1 saturated carbocycles. The highest BCUT2D eigenvalue weighted by Crippen LogP contribution is 2.33. The van der Waals surface area contributed by atoms with E-state index >= 15 is 0 Å². The van der Waals surface area contributed by atoms with Crippen molar-refractivity contribution >= 4 is 5.84 Å². The summed E-state index contributed by atoms with van der Waals surface area (Å²) in [4.78, 5) is 2.05. The molecule has 1 rings (SSSR count). The molecule has 0 aliphatic heterocycles. The van der Waals surface area contributed by atoms with Crippen LogP contribution in [0, 0.1) is 11.3 Å². The quantitative estimate of drug-likeness (QED) is 0.416. The van der Waals surface area contributed by atoms with E-state index in [1.165, 1.54) is 6.42 Å². The topological polar surface area (TPSA) is 27.1 Å². The monoisotopic (exact) mass is 126 g/mol. The normalized spacial score (nSPS) is 31.9. The minimum atomic E-state index is 0.669. The molecule has 2 nitrogen and oxygen atoms in total. The Hall–Kier alpha value is -0.530. The zero-order valence-corrected chi connectivity index (χ0v) is 6.31. The third-order valence-electron chi connectivity index (χ3n) is 2.09. The molecule has 0 bridgehead atoms. The fourth-order valence-corrected chi connectivity index (χ4v) is 1.09. The van der Waals surface area contributed by atoms with Crippen LogP contribution in [0.1, 0.15) is 20.3 Å². The molecular weight excluding hydrogens is 112 g/mol. The van der Waals surface area contributed by atoms with Crippen LogP contribution in [-0.2, 0) is 0 Å². The molecule has 0 heterocycles. The fourth-order valence-electron chi connectivity index (χ4n) is 1.09. The molecule has 1 N–H and O–H groups in total. The fraction of sp³-hybridized carbons (Fsp3) is 0.857. The Morgan fingerprint density at radius 2 is 2.11 bits per heavy atom. The van der Waals surface area contributed by atoms with Gasteiger partial charge in [-0.15, -0.1) is 0 Å². The lowest BCUT2D eigenvalue weighted by Crippen LogP contribution is -2.26. The van der Waals surface area contributed by atoms with Crippen molar-refractivity contribution in [3.05, 3.63) is 0 Å². The summed E-state index contributed by atoms with van der Waals surface area (Å²) >= 11 is 0. The smallest absolute Gasteiger partial charge is 0.0925 e. The van der Waals surface area contributed by atoms with Crippen LogP contribution in [0.5, 0.6) is 0 Å². The summed E-state index contributed by atoms with van der Waals surface area (Å²) < 4.78 is 0. The standard InChI is InChI=1S/C7H14N2/c1-5-4-7(5)9(3)6(2)8/h5,7-8H,4H2,1-3H3. The second-order valence-electron chi connectivity index (χ2n) is 2.98. The van der Waals surface area contributed by atoms with Gasteiger partial charge in [-0.3, -0.25) is 5.41 Å². The maximum atomic E-state index is 7.29. The zero-order valence-electron chi connectivity index (χ0n) is 6.31. The molecule has 2 heteroatoms. The Morgan fingerprint density at radius 1 is 1.67 bits per heavy atom. The van der Waals surface area contributed by atoms with E-state index in [4.69, 9.17) is 5.41 Å². The average Bonchev–Trinajstić information content (AvgIpc) is 2.44. The van der Waals surface area contributed by atoms with Gasteiger partial charge in [-0.25, -0.2) is 0 Å². The number of hydrogen-bond acceptors (Lipinski definition) is 1. The van der Waals surface area contributed by atoms with Gasteiger partial charge in [-0.2, -0.15) is 0 Å². The van der Waals surface area contributed by atoms with E-state index in [2.05, 4.69) is 6.92 Å². The highest BCUT2D eigenvalue weighted by molar-refractivity contribution is 5.76. The summed E-state index contributed by atoms with van der Waals surface area (Å²) in [7, 11) is 2.00. The van der Waals surface area contributed by atoms with E-state index in [1.54, 1.807) is 0 Å². The Bertz CT molecular complexity index is 131. The first-order valence-electron chi connectivity index (χ1n) is 3.41. The van der Waals surface area contributed by atoms with Crippen LogP contribution in [0.3, 0.4) is 0 Å². The van der Waals surface area contributed by atoms with Crippen LogP contribution in [0.25, 0.3) is 0 Å². The molecule has 2 atom stereocenters. The van der Waals surface area contributed by atoms with Gasteiger partial charge in [-0.05, 0) is 19.3 Å². The number of rotatable bonds is 1. The Labute approximate surface area is 56.4 Å². The zero-order chi connectivity index (χ0) is 7.02. The first kappa shape index (κ1) is 6.59. The number of hydrogen-bond donors (Lipinski definition) is 1. The first-order valence-corrected chi connectivity index (χ1v) is 3.41. The first-order chi connectivity index (χ1) is 4.13. The average molecular weight is 126 g/mol. The van der Waals surface area contributed by atoms with Gasteiger partial charge in [0.1, 0.15) is 0 Å². The summed E-state index contributed by atoms with van der Waals surface area (Å²) in [5.41, 5.74) is 0. The molecule has 1 fully saturated rings. The van der Waals surface area contributed by atoms with Gasteiger partial charge < -0.3 is 4.90 Å². The third kappa shape index (κ3) is 1.23. The molecule has 0 amide bonds. The van der Waals surface area contributed by atoms with Crippen molar-refractivity contribution in [2.45, 2.75) is 26.3 Å². The van der Waals surface area contributed by atoms with Crippen LogP contribution >= 0.6 is 0 Å². The second-order valence-corrected chi connectivity index (χ2v) is 2.98. The van der Waals surface area contributed by atoms with Gasteiger partial charge in [0, 0.05) is 13.1 Å². The molecule has 0 radical (unpaired) electrons. The minimum Gasteiger partial charge on any atom is -0.361 e. The summed E-state index contributed by atoms with van der Waals surface area (Å²) in [5.74, 6) is 1.50. The van der Waals surface area contributed by atoms with Crippen molar-refractivity contribution in [3.8, 4) is 0 Å². The van der Waals surface area contributed by atoms with E-state index in [1.807, 2.05) is 18.9 Å². The molecule has 52 valence electrons. The van der Waals surface area contributed by atoms with Crippen LogP contribution in [0.4, 0.5) is 0 Å². The van der Waals surface area contributed by atoms with Crippen LogP contribution in [0.2, 0.25) is 0 Å². The lowest BCUT2D eigenvalue weighted by atomic mass is 10.4. The van der Waals surface area contributed by atoms with Crippen molar-refractivity contribution in [1.82, 2.24) is 4.90 Å². The molecule has 0 spiro atoms. The summed E-state index contributed by atoms with van der Waals surface area (Å²) in [5, 5.41) is 7.29. The molecule has 1 aliphatic rings. The largest absolute Gasteiger partial charge is 0.361 e. The SMILES string of the molecule is CC(=N)N(C)C1CC1C. The molecule has 1 aliphatic carbocycles. The highest BCUT2D eigenvalue weighted by atomic mass is 15.2. The van der Waals surface area contributed by atoms with Gasteiger partial charge in [0.15, 0.2) is 0 Å². The molecule has 0 saturated heterocycles. The summed E-state index contributed by atoms with van der Waals surface area (Å²) in [6.45, 7) is 4.06. The Kier molecular flexibility index (Phi) is 1.47. The lowest BCUT2D eigenvalue weighted by Gasteiger charge is -2.16. The van der Waals surface area contributed by atoms with Gasteiger partial charge >= 0.3 is 0 Å². The van der Waals surface area contributed by atoms with Crippen LogP contribution in [-0.4, -0.2) is 23.8 Å². The molecule has 0 aromatic rings. The highest BCUT2D eigenvalue weighted by Gasteiger charge is 2.36. The van der Waals surface area contributed by atoms with Gasteiger partial charge in [0.05, 0.1) is 5.84 Å². The Morgan fingerprint density at radius 3 is 2.22 bits per heavy atom. The van der Waals surface area contributed by atoms with E-state index in [0.717, 1.165) is 5.92 Å². The second kappa shape index (κ2) is 2.01. The maximum absolute atomic E-state index is 7.29. The summed E-state index contributed by atoms with van der Waals surface area (Å²) in [6, 6.07) is 0.669. The maximum Gasteiger partial charge on any atom is 0.0925 e. The summed E-state index contributed by atoms with van der Waals surface area (Å²) in [6.07, 6.45) is 1.27. The van der Waals surface area contributed by atoms with Crippen LogP contribution in [0.15, 0.2) is 0 Å². The molecule has 9 heavy (non-hydrogen) atoms.